The van der Waals surface area contributed by atoms with E-state index < -0.39 is 6.10 Å². The Hall–Kier alpha value is -3.67. The van der Waals surface area contributed by atoms with Crippen LogP contribution in [-0.4, -0.2) is 37.2 Å². The van der Waals surface area contributed by atoms with E-state index in [0.717, 1.165) is 103 Å². The fraction of sp³-hybridized carbons (Fsp3) is 0.753. The predicted molar refractivity (Wildman–Crippen MR) is 362 cm³/mol. The van der Waals surface area contributed by atoms with Gasteiger partial charge in [-0.05, 0) is 103 Å². The molecule has 0 aromatic rings. The largest absolute Gasteiger partial charge is 0.462 e. The summed E-state index contributed by atoms with van der Waals surface area (Å²) >= 11 is 0. The highest BCUT2D eigenvalue weighted by molar-refractivity contribution is 5.71. The molecule has 0 N–H and O–H groups in total. The zero-order valence-electron chi connectivity index (χ0n) is 54.9. The van der Waals surface area contributed by atoms with E-state index in [9.17, 15) is 14.4 Å². The lowest BCUT2D eigenvalue weighted by Crippen LogP contribution is -2.30. The van der Waals surface area contributed by atoms with E-state index in [-0.39, 0.29) is 31.1 Å². The summed E-state index contributed by atoms with van der Waals surface area (Å²) in [4.78, 5) is 38.2. The zero-order chi connectivity index (χ0) is 59.9. The van der Waals surface area contributed by atoms with Crippen molar-refractivity contribution in [2.24, 2.45) is 0 Å². The second-order valence-corrected chi connectivity index (χ2v) is 23.8. The van der Waals surface area contributed by atoms with Crippen LogP contribution in [0.5, 0.6) is 0 Å². The third-order valence-electron chi connectivity index (χ3n) is 15.6. The highest BCUT2D eigenvalue weighted by Gasteiger charge is 2.19. The number of unbranched alkanes of at least 4 members (excludes halogenated alkanes) is 38. The molecular formula is C77H134O6. The van der Waals surface area contributed by atoms with Crippen LogP contribution in [0.25, 0.3) is 0 Å². The minimum atomic E-state index is -0.775. The Morgan fingerprint density at radius 2 is 0.470 bits per heavy atom. The molecule has 0 spiro atoms. The standard InChI is InChI=1S/C77H134O6/c1-4-7-10-13-16-18-20-22-24-26-28-30-32-33-34-35-36-37-38-39-40-41-42-43-45-46-48-50-52-54-56-58-61-64-67-70-76(79)82-73-74(72-81-75(78)69-66-63-60-15-12-9-6-3)83-77(80)71-68-65-62-59-57-55-53-51-49-47-44-31-29-27-25-23-21-19-17-14-11-8-5-2/h7,10,16,18,21-24,27-30,33-34,36-37,74H,4-6,8-9,11-15,17,19-20,25-26,31-32,35,38-73H2,1-3H3/b10-7-,18-16-,23-21-,24-22-,29-27-,30-28-,34-33-,37-36-. The molecule has 0 amide bonds. The number of carbonyl (C=O) groups is 3. The van der Waals surface area contributed by atoms with Gasteiger partial charge in [0.25, 0.3) is 0 Å². The van der Waals surface area contributed by atoms with E-state index in [1.807, 2.05) is 0 Å². The van der Waals surface area contributed by atoms with Gasteiger partial charge in [-0.25, -0.2) is 0 Å². The minimum absolute atomic E-state index is 0.0735. The minimum Gasteiger partial charge on any atom is -0.462 e. The first-order valence-electron chi connectivity index (χ1n) is 35.7. The van der Waals surface area contributed by atoms with Crippen LogP contribution in [0.4, 0.5) is 0 Å². The Balaban J connectivity index is 4.03. The van der Waals surface area contributed by atoms with Crippen LogP contribution in [0.3, 0.4) is 0 Å². The molecule has 0 saturated heterocycles. The van der Waals surface area contributed by atoms with Crippen molar-refractivity contribution < 1.29 is 28.6 Å². The molecule has 0 aliphatic carbocycles. The van der Waals surface area contributed by atoms with Crippen LogP contribution < -0.4 is 0 Å². The summed E-state index contributed by atoms with van der Waals surface area (Å²) in [5.41, 5.74) is 0. The highest BCUT2D eigenvalue weighted by Crippen LogP contribution is 2.17. The van der Waals surface area contributed by atoms with Crippen molar-refractivity contribution in [3.05, 3.63) is 97.2 Å². The topological polar surface area (TPSA) is 78.9 Å². The number of esters is 3. The second kappa shape index (κ2) is 70.8. The average Bonchev–Trinajstić information content (AvgIpc) is 3.49. The first-order valence-corrected chi connectivity index (χ1v) is 35.7. The molecule has 1 unspecified atom stereocenters. The molecule has 0 radical (unpaired) electrons. The fourth-order valence-electron chi connectivity index (χ4n) is 10.2. The van der Waals surface area contributed by atoms with E-state index in [1.165, 1.54) is 212 Å². The summed E-state index contributed by atoms with van der Waals surface area (Å²) in [5.74, 6) is -0.866. The molecule has 0 rings (SSSR count). The van der Waals surface area contributed by atoms with Gasteiger partial charge in [0, 0.05) is 19.3 Å². The van der Waals surface area contributed by atoms with Crippen LogP contribution in [0.2, 0.25) is 0 Å². The van der Waals surface area contributed by atoms with E-state index in [1.54, 1.807) is 0 Å². The van der Waals surface area contributed by atoms with Crippen molar-refractivity contribution in [3.63, 3.8) is 0 Å². The molecule has 0 heterocycles. The van der Waals surface area contributed by atoms with Crippen molar-refractivity contribution in [1.82, 2.24) is 0 Å². The van der Waals surface area contributed by atoms with Crippen molar-refractivity contribution in [1.29, 1.82) is 0 Å². The lowest BCUT2D eigenvalue weighted by molar-refractivity contribution is -0.167. The summed E-state index contributed by atoms with van der Waals surface area (Å²) in [6, 6.07) is 0. The summed E-state index contributed by atoms with van der Waals surface area (Å²) < 4.78 is 16.9. The third kappa shape index (κ3) is 69.0. The number of carbonyl (C=O) groups excluding carboxylic acids is 3. The molecule has 1 atom stereocenters. The predicted octanol–water partition coefficient (Wildman–Crippen LogP) is 24.8. The van der Waals surface area contributed by atoms with Gasteiger partial charge in [0.15, 0.2) is 6.10 Å². The molecule has 6 nitrogen and oxygen atoms in total. The van der Waals surface area contributed by atoms with Gasteiger partial charge in [-0.15, -0.1) is 0 Å². The van der Waals surface area contributed by atoms with Gasteiger partial charge < -0.3 is 14.2 Å². The lowest BCUT2D eigenvalue weighted by atomic mass is 10.0. The van der Waals surface area contributed by atoms with Crippen LogP contribution in [0.15, 0.2) is 97.2 Å². The smallest absolute Gasteiger partial charge is 0.306 e. The Kier molecular flexibility index (Phi) is 67.7. The van der Waals surface area contributed by atoms with Crippen molar-refractivity contribution in [2.75, 3.05) is 13.2 Å². The van der Waals surface area contributed by atoms with Gasteiger partial charge in [-0.1, -0.05) is 330 Å². The SMILES string of the molecule is CC/C=C\C/C=C\C/C=C\C/C=C\C/C=C\C/C=C\CCCCCCCCCCCCCCCCCCC(=O)OCC(COC(=O)CCCCCCCCC)OC(=O)CCCCCCCCCCCCC/C=C\C/C=C\CCCCCCC. The molecule has 0 aliphatic heterocycles. The van der Waals surface area contributed by atoms with Gasteiger partial charge >= 0.3 is 17.9 Å². The first kappa shape index (κ1) is 79.3. The maximum Gasteiger partial charge on any atom is 0.306 e. The Morgan fingerprint density at radius 1 is 0.253 bits per heavy atom. The van der Waals surface area contributed by atoms with E-state index in [2.05, 4.69) is 118 Å². The monoisotopic (exact) mass is 1160 g/mol. The molecule has 0 fully saturated rings. The Bertz CT molecular complexity index is 1610. The van der Waals surface area contributed by atoms with Gasteiger partial charge in [0.2, 0.25) is 0 Å². The highest BCUT2D eigenvalue weighted by atomic mass is 16.6. The molecule has 478 valence electrons. The molecule has 0 saturated carbocycles. The quantitative estimate of drug-likeness (QED) is 0.0261. The van der Waals surface area contributed by atoms with Crippen LogP contribution >= 0.6 is 0 Å². The van der Waals surface area contributed by atoms with E-state index in [0.29, 0.717) is 19.3 Å². The Labute approximate surface area is 515 Å². The normalized spacial score (nSPS) is 12.7. The van der Waals surface area contributed by atoms with Gasteiger partial charge in [-0.3, -0.25) is 14.4 Å². The number of ether oxygens (including phenoxy) is 3. The van der Waals surface area contributed by atoms with Crippen molar-refractivity contribution in [3.8, 4) is 0 Å². The maximum absolute atomic E-state index is 12.9. The first-order chi connectivity index (χ1) is 41.0. The zero-order valence-corrected chi connectivity index (χ0v) is 54.9. The fourth-order valence-corrected chi connectivity index (χ4v) is 10.2. The summed E-state index contributed by atoms with van der Waals surface area (Å²) in [6.07, 6.45) is 96.1. The van der Waals surface area contributed by atoms with E-state index in [4.69, 9.17) is 14.2 Å². The van der Waals surface area contributed by atoms with Gasteiger partial charge in [0.1, 0.15) is 13.2 Å². The average molecular weight is 1160 g/mol. The van der Waals surface area contributed by atoms with Crippen molar-refractivity contribution >= 4 is 17.9 Å². The summed E-state index contributed by atoms with van der Waals surface area (Å²) in [7, 11) is 0. The van der Waals surface area contributed by atoms with Crippen LogP contribution in [0, 0.1) is 0 Å². The molecule has 0 aromatic carbocycles. The second-order valence-electron chi connectivity index (χ2n) is 23.8. The molecule has 0 aromatic heterocycles. The summed E-state index contributed by atoms with van der Waals surface area (Å²) in [6.45, 7) is 6.51. The van der Waals surface area contributed by atoms with Gasteiger partial charge in [0.05, 0.1) is 0 Å². The third-order valence-corrected chi connectivity index (χ3v) is 15.6. The van der Waals surface area contributed by atoms with Crippen LogP contribution in [0.1, 0.15) is 355 Å². The maximum atomic E-state index is 12.9. The van der Waals surface area contributed by atoms with E-state index >= 15 is 0 Å². The number of allylic oxidation sites excluding steroid dienone is 16. The molecule has 83 heavy (non-hydrogen) atoms. The van der Waals surface area contributed by atoms with Crippen LogP contribution in [-0.2, 0) is 28.6 Å². The Morgan fingerprint density at radius 3 is 0.735 bits per heavy atom. The summed E-state index contributed by atoms with van der Waals surface area (Å²) in [5, 5.41) is 0. The number of hydrogen-bond donors (Lipinski definition) is 0. The van der Waals surface area contributed by atoms with Gasteiger partial charge in [-0.2, -0.15) is 0 Å². The molecule has 0 aliphatic rings. The molecule has 6 heteroatoms. The molecular weight excluding hydrogens is 1020 g/mol. The van der Waals surface area contributed by atoms with Crippen molar-refractivity contribution in [2.45, 2.75) is 361 Å². The number of rotatable bonds is 65. The molecule has 0 bridgehead atoms. The number of hydrogen-bond acceptors (Lipinski definition) is 6. The lowest BCUT2D eigenvalue weighted by Gasteiger charge is -2.18.